The average molecular weight is 311 g/mol. The standard InChI is InChI=1S/C16H13N3O4/c1-19-15(21)7-6-13(18-19)16(22)23-9-14(20)11-8-17-12-5-3-2-4-10(11)12/h2-8,17H,9H2,1H3. The Morgan fingerprint density at radius 2 is 2.00 bits per heavy atom. The molecule has 0 bridgehead atoms. The lowest BCUT2D eigenvalue weighted by Crippen LogP contribution is -2.23. The van der Waals surface area contributed by atoms with Crippen molar-refractivity contribution in [1.29, 1.82) is 0 Å². The number of fused-ring (bicyclic) bond motifs is 1. The lowest BCUT2D eigenvalue weighted by Gasteiger charge is -2.04. The molecule has 7 nitrogen and oxygen atoms in total. The fourth-order valence-electron chi connectivity index (χ4n) is 2.20. The van der Waals surface area contributed by atoms with Crippen molar-refractivity contribution in [2.24, 2.45) is 7.05 Å². The SMILES string of the molecule is Cn1nc(C(=O)OCC(=O)c2c[nH]c3ccccc23)ccc1=O. The maximum absolute atomic E-state index is 12.2. The number of ketones is 1. The van der Waals surface area contributed by atoms with Crippen LogP contribution in [0.1, 0.15) is 20.8 Å². The summed E-state index contributed by atoms with van der Waals surface area (Å²) in [6, 6.07) is 9.83. The number of nitrogens with one attached hydrogen (secondary N) is 1. The van der Waals surface area contributed by atoms with Gasteiger partial charge in [-0.25, -0.2) is 9.48 Å². The number of rotatable bonds is 4. The molecular formula is C16H13N3O4. The van der Waals surface area contributed by atoms with Crippen LogP contribution in [-0.2, 0) is 11.8 Å². The number of aromatic nitrogens is 3. The maximum atomic E-state index is 12.2. The summed E-state index contributed by atoms with van der Waals surface area (Å²) in [5.74, 6) is -1.07. The Morgan fingerprint density at radius 1 is 1.22 bits per heavy atom. The molecule has 0 aliphatic carbocycles. The zero-order valence-electron chi connectivity index (χ0n) is 12.3. The molecule has 1 N–H and O–H groups in total. The number of aryl methyl sites for hydroxylation is 1. The first-order valence-electron chi connectivity index (χ1n) is 6.87. The summed E-state index contributed by atoms with van der Waals surface area (Å²) in [6.45, 7) is -0.398. The van der Waals surface area contributed by atoms with E-state index in [0.29, 0.717) is 5.56 Å². The molecule has 2 aromatic heterocycles. The first-order chi connectivity index (χ1) is 11.1. The van der Waals surface area contributed by atoms with E-state index >= 15 is 0 Å². The molecule has 0 atom stereocenters. The number of nitrogens with zero attached hydrogens (tertiary/aromatic N) is 2. The van der Waals surface area contributed by atoms with Crippen molar-refractivity contribution in [1.82, 2.24) is 14.8 Å². The number of aromatic amines is 1. The minimum absolute atomic E-state index is 0.0289. The molecule has 0 aliphatic heterocycles. The normalized spacial score (nSPS) is 10.7. The summed E-state index contributed by atoms with van der Waals surface area (Å²) in [7, 11) is 1.43. The number of esters is 1. The number of Topliss-reactive ketones (excluding diaryl/α,β-unsaturated/α-hetero) is 1. The van der Waals surface area contributed by atoms with Crippen molar-refractivity contribution < 1.29 is 14.3 Å². The van der Waals surface area contributed by atoms with E-state index in [1.165, 1.54) is 19.2 Å². The van der Waals surface area contributed by atoms with Crippen LogP contribution in [0.4, 0.5) is 0 Å². The quantitative estimate of drug-likeness (QED) is 0.579. The number of carbonyl (C=O) groups is 2. The van der Waals surface area contributed by atoms with Crippen molar-refractivity contribution in [2.45, 2.75) is 0 Å². The van der Waals surface area contributed by atoms with E-state index in [0.717, 1.165) is 15.6 Å². The monoisotopic (exact) mass is 311 g/mol. The Hall–Kier alpha value is -3.22. The van der Waals surface area contributed by atoms with Gasteiger partial charge in [0.05, 0.1) is 0 Å². The molecule has 1 aromatic carbocycles. The number of benzene rings is 1. The molecule has 0 fully saturated rings. The Kier molecular flexibility index (Phi) is 3.76. The predicted octanol–water partition coefficient (Wildman–Crippen LogP) is 1.30. The lowest BCUT2D eigenvalue weighted by atomic mass is 10.1. The highest BCUT2D eigenvalue weighted by Gasteiger charge is 2.16. The molecule has 3 aromatic rings. The van der Waals surface area contributed by atoms with Crippen molar-refractivity contribution in [2.75, 3.05) is 6.61 Å². The van der Waals surface area contributed by atoms with Crippen molar-refractivity contribution in [3.8, 4) is 0 Å². The highest BCUT2D eigenvalue weighted by atomic mass is 16.5. The molecule has 23 heavy (non-hydrogen) atoms. The van der Waals surface area contributed by atoms with E-state index in [4.69, 9.17) is 4.74 Å². The number of hydrogen-bond acceptors (Lipinski definition) is 5. The Balaban J connectivity index is 1.72. The molecule has 7 heteroatoms. The van der Waals surface area contributed by atoms with Crippen molar-refractivity contribution in [3.63, 3.8) is 0 Å². The highest BCUT2D eigenvalue weighted by molar-refractivity contribution is 6.09. The first kappa shape index (κ1) is 14.7. The number of carbonyl (C=O) groups excluding carboxylic acids is 2. The van der Waals surface area contributed by atoms with Crippen LogP contribution >= 0.6 is 0 Å². The van der Waals surface area contributed by atoms with Gasteiger partial charge in [-0.05, 0) is 12.1 Å². The summed E-state index contributed by atoms with van der Waals surface area (Å²) >= 11 is 0. The van der Waals surface area contributed by atoms with Gasteiger partial charge in [-0.2, -0.15) is 5.10 Å². The molecule has 0 aliphatic rings. The lowest BCUT2D eigenvalue weighted by molar-refractivity contribution is 0.0467. The van der Waals surface area contributed by atoms with Crippen LogP contribution in [0, 0.1) is 0 Å². The number of para-hydroxylation sites is 1. The molecular weight excluding hydrogens is 298 g/mol. The van der Waals surface area contributed by atoms with E-state index in [1.807, 2.05) is 24.3 Å². The summed E-state index contributed by atoms with van der Waals surface area (Å²) in [5, 5.41) is 4.55. The Bertz CT molecular complexity index is 955. The third-order valence-corrected chi connectivity index (χ3v) is 3.39. The second kappa shape index (κ2) is 5.88. The Labute approximate surface area is 130 Å². The predicted molar refractivity (Wildman–Crippen MR) is 82.4 cm³/mol. The summed E-state index contributed by atoms with van der Waals surface area (Å²) in [5.41, 5.74) is 0.930. The van der Waals surface area contributed by atoms with E-state index in [1.54, 1.807) is 6.20 Å². The van der Waals surface area contributed by atoms with Crippen LogP contribution in [0.3, 0.4) is 0 Å². The Morgan fingerprint density at radius 3 is 2.78 bits per heavy atom. The molecule has 0 spiro atoms. The molecule has 3 rings (SSSR count). The summed E-state index contributed by atoms with van der Waals surface area (Å²) in [6.07, 6.45) is 1.59. The van der Waals surface area contributed by atoms with Gasteiger partial charge in [-0.15, -0.1) is 0 Å². The topological polar surface area (TPSA) is 94.1 Å². The third-order valence-electron chi connectivity index (χ3n) is 3.39. The number of hydrogen-bond donors (Lipinski definition) is 1. The van der Waals surface area contributed by atoms with Gasteiger partial charge in [0.1, 0.15) is 0 Å². The summed E-state index contributed by atoms with van der Waals surface area (Å²) < 4.78 is 6.00. The second-order valence-electron chi connectivity index (χ2n) is 4.93. The smallest absolute Gasteiger partial charge is 0.359 e. The molecule has 0 saturated carbocycles. The molecule has 116 valence electrons. The summed E-state index contributed by atoms with van der Waals surface area (Å²) in [4.78, 5) is 38.3. The third kappa shape index (κ3) is 2.89. The molecule has 0 unspecified atom stereocenters. The maximum Gasteiger partial charge on any atom is 0.359 e. The molecule has 0 saturated heterocycles. The van der Waals surface area contributed by atoms with Crippen molar-refractivity contribution >= 4 is 22.7 Å². The van der Waals surface area contributed by atoms with Crippen LogP contribution in [0.25, 0.3) is 10.9 Å². The minimum atomic E-state index is -0.756. The number of H-pyrrole nitrogens is 1. The van der Waals surface area contributed by atoms with Gasteiger partial charge in [-0.3, -0.25) is 9.59 Å². The van der Waals surface area contributed by atoms with Gasteiger partial charge in [0, 0.05) is 35.8 Å². The van der Waals surface area contributed by atoms with Gasteiger partial charge < -0.3 is 9.72 Å². The van der Waals surface area contributed by atoms with Gasteiger partial charge in [0.25, 0.3) is 5.56 Å². The average Bonchev–Trinajstić information content (AvgIpc) is 2.99. The van der Waals surface area contributed by atoms with E-state index < -0.39 is 12.6 Å². The van der Waals surface area contributed by atoms with Gasteiger partial charge in [0.15, 0.2) is 12.3 Å². The van der Waals surface area contributed by atoms with Crippen LogP contribution < -0.4 is 5.56 Å². The minimum Gasteiger partial charge on any atom is -0.453 e. The van der Waals surface area contributed by atoms with E-state index in [-0.39, 0.29) is 17.0 Å². The van der Waals surface area contributed by atoms with Crippen LogP contribution in [-0.4, -0.2) is 33.1 Å². The first-order valence-corrected chi connectivity index (χ1v) is 6.87. The van der Waals surface area contributed by atoms with Crippen LogP contribution in [0.15, 0.2) is 47.4 Å². The van der Waals surface area contributed by atoms with Gasteiger partial charge in [0.2, 0.25) is 5.78 Å². The van der Waals surface area contributed by atoms with Crippen molar-refractivity contribution in [3.05, 3.63) is 64.2 Å². The zero-order chi connectivity index (χ0) is 16.4. The van der Waals surface area contributed by atoms with Gasteiger partial charge in [-0.1, -0.05) is 18.2 Å². The van der Waals surface area contributed by atoms with Gasteiger partial charge >= 0.3 is 5.97 Å². The number of ether oxygens (including phenoxy) is 1. The fraction of sp³-hybridized carbons (Fsp3) is 0.125. The molecule has 0 radical (unpaired) electrons. The highest BCUT2D eigenvalue weighted by Crippen LogP contribution is 2.18. The second-order valence-corrected chi connectivity index (χ2v) is 4.93. The fourth-order valence-corrected chi connectivity index (χ4v) is 2.20. The largest absolute Gasteiger partial charge is 0.453 e. The van der Waals surface area contributed by atoms with E-state index in [9.17, 15) is 14.4 Å². The molecule has 2 heterocycles. The van der Waals surface area contributed by atoms with Crippen LogP contribution in [0.5, 0.6) is 0 Å². The van der Waals surface area contributed by atoms with Crippen LogP contribution in [0.2, 0.25) is 0 Å². The van der Waals surface area contributed by atoms with E-state index in [2.05, 4.69) is 10.1 Å². The zero-order valence-corrected chi connectivity index (χ0v) is 12.3. The molecule has 0 amide bonds.